The average Bonchev–Trinajstić information content (AvgIpc) is 2.35. The quantitative estimate of drug-likeness (QED) is 0.648. The molecule has 2 aromatic rings. The Morgan fingerprint density at radius 1 is 1.06 bits per heavy atom. The van der Waals surface area contributed by atoms with E-state index in [4.69, 9.17) is 9.47 Å². The largest absolute Gasteiger partial charge is 0.494 e. The molecule has 3 rings (SSSR count). The lowest BCUT2D eigenvalue weighted by Gasteiger charge is -2.23. The summed E-state index contributed by atoms with van der Waals surface area (Å²) in [5.74, 6) is 2.28. The van der Waals surface area contributed by atoms with Crippen molar-refractivity contribution in [3.8, 4) is 17.2 Å². The maximum absolute atomic E-state index is 5.86. The second-order valence-corrected chi connectivity index (χ2v) is 5.68. The minimum absolute atomic E-state index is 0.741. The fourth-order valence-electron chi connectivity index (χ4n) is 1.86. The summed E-state index contributed by atoms with van der Waals surface area (Å²) >= 11 is 6.88. The Morgan fingerprint density at radius 2 is 1.89 bits per heavy atom. The van der Waals surface area contributed by atoms with E-state index < -0.39 is 0 Å². The van der Waals surface area contributed by atoms with E-state index in [1.807, 2.05) is 30.3 Å². The van der Waals surface area contributed by atoms with Crippen LogP contribution < -0.4 is 14.8 Å². The van der Waals surface area contributed by atoms with E-state index in [9.17, 15) is 0 Å². The van der Waals surface area contributed by atoms with Crippen LogP contribution in [0.5, 0.6) is 17.2 Å². The lowest BCUT2D eigenvalue weighted by Crippen LogP contribution is -2.04. The molecule has 92 valence electrons. The number of rotatable bonds is 1. The highest BCUT2D eigenvalue weighted by molar-refractivity contribution is 9.10. The molecule has 0 radical (unpaired) electrons. The minimum atomic E-state index is 0.741. The van der Waals surface area contributed by atoms with Gasteiger partial charge >= 0.3 is 0 Å². The predicted octanol–water partition coefficient (Wildman–Crippen LogP) is 5.07. The number of hydrogen-bond donors (Lipinski definition) is 1. The van der Waals surface area contributed by atoms with E-state index in [1.165, 1.54) is 0 Å². The van der Waals surface area contributed by atoms with Gasteiger partial charge in [0.15, 0.2) is 11.5 Å². The maximum Gasteiger partial charge on any atom is 0.155 e. The van der Waals surface area contributed by atoms with Crippen molar-refractivity contribution in [2.45, 2.75) is 0 Å². The Labute approximate surface area is 121 Å². The molecule has 5 heteroatoms. The first-order chi connectivity index (χ1) is 8.67. The van der Waals surface area contributed by atoms with Crippen LogP contribution in [0.3, 0.4) is 0 Å². The molecule has 1 aliphatic heterocycles. The van der Waals surface area contributed by atoms with Gasteiger partial charge in [0.05, 0.1) is 12.8 Å². The van der Waals surface area contributed by atoms with Crippen LogP contribution in [0.1, 0.15) is 0 Å². The summed E-state index contributed by atoms with van der Waals surface area (Å²) in [5, 5.41) is 3.33. The molecular formula is C13H9Br2NO2. The normalized spacial score (nSPS) is 11.9. The van der Waals surface area contributed by atoms with E-state index >= 15 is 0 Å². The fourth-order valence-corrected chi connectivity index (χ4v) is 2.64. The highest BCUT2D eigenvalue weighted by Gasteiger charge is 2.20. The molecule has 0 aliphatic carbocycles. The van der Waals surface area contributed by atoms with Crippen LogP contribution >= 0.6 is 31.9 Å². The Hall–Kier alpha value is -1.20. The van der Waals surface area contributed by atoms with E-state index in [0.29, 0.717) is 0 Å². The number of anilines is 2. The van der Waals surface area contributed by atoms with Crippen molar-refractivity contribution in [1.82, 2.24) is 0 Å². The molecule has 3 nitrogen and oxygen atoms in total. The van der Waals surface area contributed by atoms with Crippen LogP contribution in [0.4, 0.5) is 11.4 Å². The summed E-state index contributed by atoms with van der Waals surface area (Å²) in [4.78, 5) is 0. The summed E-state index contributed by atoms with van der Waals surface area (Å²) in [6.45, 7) is 0. The highest BCUT2D eigenvalue weighted by atomic mass is 79.9. The van der Waals surface area contributed by atoms with Crippen molar-refractivity contribution >= 4 is 43.2 Å². The Balaban J connectivity index is 2.13. The lowest BCUT2D eigenvalue weighted by molar-refractivity contribution is 0.410. The third-order valence-corrected chi connectivity index (χ3v) is 3.62. The monoisotopic (exact) mass is 369 g/mol. The van der Waals surface area contributed by atoms with Crippen molar-refractivity contribution in [3.05, 3.63) is 39.3 Å². The van der Waals surface area contributed by atoms with Gasteiger partial charge in [0.25, 0.3) is 0 Å². The van der Waals surface area contributed by atoms with Crippen molar-refractivity contribution in [1.29, 1.82) is 0 Å². The van der Waals surface area contributed by atoms with Crippen molar-refractivity contribution in [2.75, 3.05) is 12.4 Å². The molecule has 0 saturated heterocycles. The van der Waals surface area contributed by atoms with Gasteiger partial charge in [0, 0.05) is 8.95 Å². The minimum Gasteiger partial charge on any atom is -0.494 e. The molecule has 1 heterocycles. The Bertz CT molecular complexity index is 629. The first-order valence-corrected chi connectivity index (χ1v) is 6.88. The Kier molecular flexibility index (Phi) is 2.95. The van der Waals surface area contributed by atoms with Crippen LogP contribution in [0.25, 0.3) is 0 Å². The Morgan fingerprint density at radius 3 is 2.67 bits per heavy atom. The summed E-state index contributed by atoms with van der Waals surface area (Å²) in [6, 6.07) is 9.65. The maximum atomic E-state index is 5.86. The summed E-state index contributed by atoms with van der Waals surface area (Å²) < 4.78 is 13.1. The predicted molar refractivity (Wildman–Crippen MR) is 78.2 cm³/mol. The zero-order valence-electron chi connectivity index (χ0n) is 9.46. The number of methoxy groups -OCH3 is 1. The van der Waals surface area contributed by atoms with Gasteiger partial charge in [-0.2, -0.15) is 0 Å². The van der Waals surface area contributed by atoms with Gasteiger partial charge in [0.1, 0.15) is 11.4 Å². The average molecular weight is 371 g/mol. The van der Waals surface area contributed by atoms with Crippen LogP contribution in [-0.4, -0.2) is 7.11 Å². The zero-order valence-corrected chi connectivity index (χ0v) is 12.6. The standard InChI is InChI=1S/C13H9Br2NO2/c1-17-11-5-8(15)6-12-13(11)16-9-4-7(14)2-3-10(9)18-12/h2-6,16H,1H3. The second kappa shape index (κ2) is 4.48. The molecule has 0 aromatic heterocycles. The molecule has 0 bridgehead atoms. The number of halogens is 2. The van der Waals surface area contributed by atoms with Gasteiger partial charge in [-0.1, -0.05) is 31.9 Å². The molecule has 1 aliphatic rings. The molecule has 0 atom stereocenters. The smallest absolute Gasteiger partial charge is 0.155 e. The third-order valence-electron chi connectivity index (χ3n) is 2.67. The summed E-state index contributed by atoms with van der Waals surface area (Å²) in [6.07, 6.45) is 0. The number of hydrogen-bond acceptors (Lipinski definition) is 3. The van der Waals surface area contributed by atoms with Crippen molar-refractivity contribution in [3.63, 3.8) is 0 Å². The molecule has 1 N–H and O–H groups in total. The lowest BCUT2D eigenvalue weighted by atomic mass is 10.2. The molecule has 0 unspecified atom stereocenters. The first kappa shape index (κ1) is 11.9. The third kappa shape index (κ3) is 1.97. The van der Waals surface area contributed by atoms with Gasteiger partial charge in [0.2, 0.25) is 0 Å². The van der Waals surface area contributed by atoms with Gasteiger partial charge in [-0.15, -0.1) is 0 Å². The van der Waals surface area contributed by atoms with Crippen LogP contribution in [0.15, 0.2) is 39.3 Å². The van der Waals surface area contributed by atoms with E-state index in [2.05, 4.69) is 37.2 Å². The van der Waals surface area contributed by atoms with Gasteiger partial charge < -0.3 is 14.8 Å². The first-order valence-electron chi connectivity index (χ1n) is 5.29. The van der Waals surface area contributed by atoms with Gasteiger partial charge in [-0.3, -0.25) is 0 Å². The zero-order chi connectivity index (χ0) is 12.7. The molecule has 0 spiro atoms. The van der Waals surface area contributed by atoms with E-state index in [1.54, 1.807) is 7.11 Å². The van der Waals surface area contributed by atoms with Crippen LogP contribution in [-0.2, 0) is 0 Å². The number of fused-ring (bicyclic) bond motifs is 2. The summed E-state index contributed by atoms with van der Waals surface area (Å²) in [7, 11) is 1.64. The van der Waals surface area contributed by atoms with Crippen LogP contribution in [0.2, 0.25) is 0 Å². The second-order valence-electron chi connectivity index (χ2n) is 3.85. The van der Waals surface area contributed by atoms with Gasteiger partial charge in [-0.25, -0.2) is 0 Å². The van der Waals surface area contributed by atoms with Gasteiger partial charge in [-0.05, 0) is 30.3 Å². The van der Waals surface area contributed by atoms with Crippen LogP contribution in [0, 0.1) is 0 Å². The van der Waals surface area contributed by atoms with Crippen molar-refractivity contribution in [2.24, 2.45) is 0 Å². The molecule has 2 aromatic carbocycles. The molecule has 0 amide bonds. The SMILES string of the molecule is COc1cc(Br)cc2c1Nc1cc(Br)ccc1O2. The fraction of sp³-hybridized carbons (Fsp3) is 0.0769. The molecular weight excluding hydrogens is 362 g/mol. The number of benzene rings is 2. The molecule has 0 saturated carbocycles. The van der Waals surface area contributed by atoms with E-state index in [-0.39, 0.29) is 0 Å². The van der Waals surface area contributed by atoms with Crippen molar-refractivity contribution < 1.29 is 9.47 Å². The summed E-state index contributed by atoms with van der Waals surface area (Å²) in [5.41, 5.74) is 1.75. The van der Waals surface area contributed by atoms with E-state index in [0.717, 1.165) is 37.6 Å². The number of nitrogens with one attached hydrogen (secondary N) is 1. The molecule has 18 heavy (non-hydrogen) atoms. The topological polar surface area (TPSA) is 30.5 Å². The number of ether oxygens (including phenoxy) is 2. The molecule has 0 fully saturated rings. The highest BCUT2D eigenvalue weighted by Crippen LogP contribution is 2.48.